The zero-order valence-corrected chi connectivity index (χ0v) is 16.2. The molecule has 0 aromatic heterocycles. The molecule has 7 heteroatoms. The molecule has 3 aliphatic rings. The Hall–Kier alpha value is -1.47. The maximum Gasteiger partial charge on any atom is 0.335 e. The van der Waals surface area contributed by atoms with Crippen molar-refractivity contribution in [3.63, 3.8) is 0 Å². The van der Waals surface area contributed by atoms with Gasteiger partial charge in [0.1, 0.15) is 23.6 Å². The molecule has 1 aliphatic heterocycles. The van der Waals surface area contributed by atoms with E-state index in [1.54, 1.807) is 0 Å². The van der Waals surface area contributed by atoms with E-state index in [9.17, 15) is 28.9 Å². The van der Waals surface area contributed by atoms with Crippen LogP contribution in [-0.4, -0.2) is 50.9 Å². The molecule has 3 rings (SSSR count). The summed E-state index contributed by atoms with van der Waals surface area (Å²) in [5, 5.41) is 30.3. The van der Waals surface area contributed by atoms with Crippen molar-refractivity contribution >= 4 is 5.97 Å². The first-order valence-corrected chi connectivity index (χ1v) is 10.2. The predicted octanol–water partition coefficient (Wildman–Crippen LogP) is 3.59. The first-order chi connectivity index (χ1) is 13.2. The number of hydrogen-bond acceptors (Lipinski definition) is 4. The van der Waals surface area contributed by atoms with Gasteiger partial charge in [0.2, 0.25) is 0 Å². The van der Waals surface area contributed by atoms with Crippen molar-refractivity contribution in [2.45, 2.75) is 94.4 Å². The highest BCUT2D eigenvalue weighted by Crippen LogP contribution is 2.49. The van der Waals surface area contributed by atoms with Gasteiger partial charge in [0.15, 0.2) is 6.17 Å². The minimum Gasteiger partial charge on any atom is -0.491 e. The molecule has 158 valence electrons. The Kier molecular flexibility index (Phi) is 6.15. The highest BCUT2D eigenvalue weighted by atomic mass is 19.1. The summed E-state index contributed by atoms with van der Waals surface area (Å²) < 4.78 is 35.3. The summed E-state index contributed by atoms with van der Waals surface area (Å²) in [6.07, 6.45) is 3.05. The van der Waals surface area contributed by atoms with Gasteiger partial charge in [-0.25, -0.2) is 13.6 Å². The third-order valence-electron chi connectivity index (χ3n) is 6.39. The van der Waals surface area contributed by atoms with Gasteiger partial charge >= 0.3 is 5.97 Å². The Morgan fingerprint density at radius 2 is 2.00 bits per heavy atom. The van der Waals surface area contributed by atoms with Gasteiger partial charge in [-0.15, -0.1) is 0 Å². The molecule has 5 unspecified atom stereocenters. The van der Waals surface area contributed by atoms with Gasteiger partial charge in [-0.2, -0.15) is 0 Å². The molecule has 0 aromatic rings. The number of aliphatic hydroxyl groups is 2. The number of alkyl halides is 2. The smallest absolute Gasteiger partial charge is 0.335 e. The molecule has 2 saturated carbocycles. The van der Waals surface area contributed by atoms with Crippen molar-refractivity contribution in [3.05, 3.63) is 23.5 Å². The highest BCUT2D eigenvalue weighted by Gasteiger charge is 2.54. The number of ether oxygens (including phenoxy) is 1. The Labute approximate surface area is 164 Å². The van der Waals surface area contributed by atoms with Crippen LogP contribution in [0.5, 0.6) is 0 Å². The van der Waals surface area contributed by atoms with Crippen molar-refractivity contribution in [1.82, 2.24) is 0 Å². The second-order valence-corrected chi connectivity index (χ2v) is 8.53. The SMILES string of the molecule is CCCC(C(=O)O)=C1OC2CC(O)(C=CC(O)C3(F)CCCCC3)CC2C1F. The zero-order valence-electron chi connectivity index (χ0n) is 16.2. The van der Waals surface area contributed by atoms with Crippen LogP contribution in [0.3, 0.4) is 0 Å². The van der Waals surface area contributed by atoms with E-state index in [-0.39, 0.29) is 30.6 Å². The minimum atomic E-state index is -1.68. The van der Waals surface area contributed by atoms with Crippen LogP contribution in [0, 0.1) is 5.92 Å². The number of rotatable bonds is 6. The third kappa shape index (κ3) is 4.10. The van der Waals surface area contributed by atoms with E-state index in [2.05, 4.69) is 0 Å². The molecule has 0 amide bonds. The average Bonchev–Trinajstić information content (AvgIpc) is 3.12. The molecule has 3 fully saturated rings. The Bertz CT molecular complexity index is 655. The molecular formula is C21H30F2O5. The molecule has 0 aromatic carbocycles. The summed E-state index contributed by atoms with van der Waals surface area (Å²) in [6, 6.07) is 0. The van der Waals surface area contributed by atoms with Crippen LogP contribution in [0.1, 0.15) is 64.7 Å². The van der Waals surface area contributed by atoms with Crippen molar-refractivity contribution in [1.29, 1.82) is 0 Å². The van der Waals surface area contributed by atoms with Gasteiger partial charge in [-0.05, 0) is 25.7 Å². The van der Waals surface area contributed by atoms with Gasteiger partial charge in [-0.1, -0.05) is 44.8 Å². The summed E-state index contributed by atoms with van der Waals surface area (Å²) in [6.45, 7) is 1.81. The van der Waals surface area contributed by atoms with E-state index in [4.69, 9.17) is 4.74 Å². The lowest BCUT2D eigenvalue weighted by Crippen LogP contribution is -2.39. The Morgan fingerprint density at radius 1 is 1.32 bits per heavy atom. The largest absolute Gasteiger partial charge is 0.491 e. The minimum absolute atomic E-state index is 0.0455. The van der Waals surface area contributed by atoms with Crippen molar-refractivity contribution < 1.29 is 33.6 Å². The molecule has 0 spiro atoms. The van der Waals surface area contributed by atoms with Crippen LogP contribution in [-0.2, 0) is 9.53 Å². The van der Waals surface area contributed by atoms with Crippen LogP contribution >= 0.6 is 0 Å². The van der Waals surface area contributed by atoms with Crippen molar-refractivity contribution in [2.75, 3.05) is 0 Å². The molecule has 0 radical (unpaired) electrons. The van der Waals surface area contributed by atoms with Gasteiger partial charge in [0.05, 0.1) is 11.2 Å². The highest BCUT2D eigenvalue weighted by molar-refractivity contribution is 5.87. The fourth-order valence-electron chi connectivity index (χ4n) is 4.80. The van der Waals surface area contributed by atoms with Crippen LogP contribution in [0.15, 0.2) is 23.5 Å². The second-order valence-electron chi connectivity index (χ2n) is 8.53. The summed E-state index contributed by atoms with van der Waals surface area (Å²) in [5.41, 5.74) is -3.12. The van der Waals surface area contributed by atoms with Gasteiger partial charge in [0, 0.05) is 12.3 Å². The molecule has 1 saturated heterocycles. The average molecular weight is 400 g/mol. The lowest BCUT2D eigenvalue weighted by atomic mass is 9.81. The molecule has 5 nitrogen and oxygen atoms in total. The van der Waals surface area contributed by atoms with Crippen molar-refractivity contribution in [2.24, 2.45) is 5.92 Å². The van der Waals surface area contributed by atoms with Gasteiger partial charge in [0.25, 0.3) is 0 Å². The number of aliphatic hydroxyl groups excluding tert-OH is 1. The molecule has 28 heavy (non-hydrogen) atoms. The lowest BCUT2D eigenvalue weighted by molar-refractivity contribution is -0.133. The van der Waals surface area contributed by atoms with E-state index >= 15 is 0 Å². The van der Waals surface area contributed by atoms with E-state index in [1.165, 1.54) is 12.2 Å². The molecule has 1 heterocycles. The summed E-state index contributed by atoms with van der Waals surface area (Å²) in [5.74, 6) is -1.96. The predicted molar refractivity (Wildman–Crippen MR) is 99.1 cm³/mol. The summed E-state index contributed by atoms with van der Waals surface area (Å²) in [7, 11) is 0. The molecular weight excluding hydrogens is 370 g/mol. The van der Waals surface area contributed by atoms with E-state index in [0.717, 1.165) is 19.3 Å². The number of hydrogen-bond donors (Lipinski definition) is 3. The summed E-state index contributed by atoms with van der Waals surface area (Å²) in [4.78, 5) is 11.4. The van der Waals surface area contributed by atoms with Crippen LogP contribution in [0.2, 0.25) is 0 Å². The number of aliphatic carboxylic acids is 1. The monoisotopic (exact) mass is 400 g/mol. The van der Waals surface area contributed by atoms with Crippen LogP contribution in [0.25, 0.3) is 0 Å². The number of fused-ring (bicyclic) bond motifs is 1. The number of carboxylic acids is 1. The zero-order chi connectivity index (χ0) is 20.5. The van der Waals surface area contributed by atoms with Gasteiger partial charge in [-0.3, -0.25) is 0 Å². The standard InChI is InChI=1S/C21H30F2O5/c1-2-6-13(19(25)26)18-17(22)14-11-20(27,12-15(14)28-18)10-7-16(24)21(23)8-4-3-5-9-21/h7,10,14-17,24,27H,2-6,8-9,11-12H2,1H3,(H,25,26). The van der Waals surface area contributed by atoms with E-state index in [0.29, 0.717) is 19.3 Å². The Morgan fingerprint density at radius 3 is 2.57 bits per heavy atom. The quantitative estimate of drug-likeness (QED) is 0.469. The van der Waals surface area contributed by atoms with Crippen LogP contribution in [0.4, 0.5) is 8.78 Å². The van der Waals surface area contributed by atoms with E-state index < -0.39 is 41.5 Å². The summed E-state index contributed by atoms with van der Waals surface area (Å²) >= 11 is 0. The first kappa shape index (κ1) is 21.2. The Balaban J connectivity index is 1.69. The number of carboxylic acid groups (broad SMARTS) is 1. The molecule has 3 N–H and O–H groups in total. The molecule has 2 aliphatic carbocycles. The first-order valence-electron chi connectivity index (χ1n) is 10.2. The normalized spacial score (nSPS) is 37.5. The third-order valence-corrected chi connectivity index (χ3v) is 6.39. The van der Waals surface area contributed by atoms with Gasteiger partial charge < -0.3 is 20.1 Å². The molecule has 5 atom stereocenters. The topological polar surface area (TPSA) is 87.0 Å². The van der Waals surface area contributed by atoms with E-state index in [1.807, 2.05) is 6.92 Å². The maximum absolute atomic E-state index is 14.9. The maximum atomic E-state index is 14.9. The number of halogens is 2. The molecule has 0 bridgehead atoms. The van der Waals surface area contributed by atoms with Crippen molar-refractivity contribution in [3.8, 4) is 0 Å². The fourth-order valence-corrected chi connectivity index (χ4v) is 4.80. The number of allylic oxidation sites excluding steroid dienone is 1. The fraction of sp³-hybridized carbons (Fsp3) is 0.762. The number of carbonyl (C=O) groups is 1. The second kappa shape index (κ2) is 8.11. The van der Waals surface area contributed by atoms with Crippen LogP contribution < -0.4 is 0 Å². The lowest BCUT2D eigenvalue weighted by Gasteiger charge is -2.32.